The highest BCUT2D eigenvalue weighted by Crippen LogP contribution is 2.28. The van der Waals surface area contributed by atoms with Gasteiger partial charge < -0.3 is 20.3 Å². The van der Waals surface area contributed by atoms with Crippen molar-refractivity contribution in [3.63, 3.8) is 0 Å². The molecule has 2 N–H and O–H groups in total. The lowest BCUT2D eigenvalue weighted by Gasteiger charge is -2.36. The van der Waals surface area contributed by atoms with Gasteiger partial charge in [0.15, 0.2) is 0 Å². The van der Waals surface area contributed by atoms with Crippen LogP contribution in [0.5, 0.6) is 0 Å². The van der Waals surface area contributed by atoms with Gasteiger partial charge in [-0.25, -0.2) is 0 Å². The number of hydrogen-bond acceptors (Lipinski definition) is 5. The van der Waals surface area contributed by atoms with E-state index in [0.717, 1.165) is 30.8 Å². The van der Waals surface area contributed by atoms with Crippen molar-refractivity contribution in [2.24, 2.45) is 0 Å². The zero-order valence-corrected chi connectivity index (χ0v) is 18.6. The number of hydrogen-bond donors (Lipinski definition) is 2. The third kappa shape index (κ3) is 6.06. The van der Waals surface area contributed by atoms with E-state index in [1.54, 1.807) is 7.11 Å². The summed E-state index contributed by atoms with van der Waals surface area (Å²) in [6.07, 6.45) is 0.966. The van der Waals surface area contributed by atoms with Crippen molar-refractivity contribution < 1.29 is 14.3 Å². The summed E-state index contributed by atoms with van der Waals surface area (Å²) in [6, 6.07) is 16.8. The fourth-order valence-corrected chi connectivity index (χ4v) is 3.85. The lowest BCUT2D eigenvalue weighted by atomic mass is 9.96. The van der Waals surface area contributed by atoms with Crippen LogP contribution in [0, 0.1) is 0 Å². The number of fused-ring (bicyclic) bond motifs is 1. The number of amides is 2. The van der Waals surface area contributed by atoms with E-state index in [1.165, 1.54) is 11.1 Å². The second-order valence-corrected chi connectivity index (χ2v) is 7.95. The maximum absolute atomic E-state index is 12.3. The van der Waals surface area contributed by atoms with Crippen LogP contribution in [-0.4, -0.2) is 64.2 Å². The summed E-state index contributed by atoms with van der Waals surface area (Å²) in [7, 11) is 5.57. The van der Waals surface area contributed by atoms with Crippen LogP contribution in [0.25, 0.3) is 0 Å². The number of methoxy groups -OCH3 is 1. The van der Waals surface area contributed by atoms with E-state index in [4.69, 9.17) is 4.74 Å². The molecule has 0 radical (unpaired) electrons. The van der Waals surface area contributed by atoms with E-state index in [1.807, 2.05) is 14.1 Å². The van der Waals surface area contributed by atoms with Gasteiger partial charge >= 0.3 is 11.8 Å². The number of nitrogens with zero attached hydrogens (tertiary/aromatic N) is 2. The van der Waals surface area contributed by atoms with Gasteiger partial charge in [0.2, 0.25) is 0 Å². The van der Waals surface area contributed by atoms with E-state index in [0.29, 0.717) is 19.7 Å². The largest absolute Gasteiger partial charge is 0.383 e. The first-order valence-electron chi connectivity index (χ1n) is 10.6. The van der Waals surface area contributed by atoms with Gasteiger partial charge in [0, 0.05) is 53.1 Å². The van der Waals surface area contributed by atoms with Gasteiger partial charge in [-0.2, -0.15) is 0 Å². The molecule has 0 spiro atoms. The molecule has 0 saturated carbocycles. The molecule has 0 aromatic heterocycles. The third-order valence-electron chi connectivity index (χ3n) is 5.65. The van der Waals surface area contributed by atoms with Crippen molar-refractivity contribution in [1.29, 1.82) is 0 Å². The van der Waals surface area contributed by atoms with Crippen LogP contribution in [0.3, 0.4) is 0 Å². The smallest absolute Gasteiger partial charge is 0.309 e. The van der Waals surface area contributed by atoms with Gasteiger partial charge in [-0.3, -0.25) is 14.5 Å². The summed E-state index contributed by atoms with van der Waals surface area (Å²) in [5.74, 6) is -1.26. The topological polar surface area (TPSA) is 73.9 Å². The van der Waals surface area contributed by atoms with E-state index in [-0.39, 0.29) is 6.04 Å². The van der Waals surface area contributed by atoms with Crippen LogP contribution in [0.1, 0.15) is 22.7 Å². The van der Waals surface area contributed by atoms with Crippen LogP contribution in [0.4, 0.5) is 5.69 Å². The molecule has 1 atom stereocenters. The summed E-state index contributed by atoms with van der Waals surface area (Å²) in [4.78, 5) is 28.8. The van der Waals surface area contributed by atoms with Crippen molar-refractivity contribution >= 4 is 17.5 Å². The predicted octanol–water partition coefficient (Wildman–Crippen LogP) is 1.73. The van der Waals surface area contributed by atoms with Crippen LogP contribution >= 0.6 is 0 Å². The molecule has 1 aliphatic rings. The van der Waals surface area contributed by atoms with Crippen LogP contribution in [0.15, 0.2) is 48.5 Å². The minimum Gasteiger partial charge on any atom is -0.383 e. The zero-order valence-electron chi connectivity index (χ0n) is 18.6. The molecule has 166 valence electrons. The Labute approximate surface area is 184 Å². The average Bonchev–Trinajstić information content (AvgIpc) is 2.79. The van der Waals surface area contributed by atoms with Gasteiger partial charge in [0.1, 0.15) is 0 Å². The number of ether oxygens (including phenoxy) is 1. The highest BCUT2D eigenvalue weighted by molar-refractivity contribution is 6.35. The Morgan fingerprint density at radius 3 is 2.39 bits per heavy atom. The molecule has 2 aromatic rings. The molecule has 1 heterocycles. The third-order valence-corrected chi connectivity index (χ3v) is 5.65. The van der Waals surface area contributed by atoms with Gasteiger partial charge in [-0.05, 0) is 35.2 Å². The van der Waals surface area contributed by atoms with E-state index in [2.05, 4.69) is 69.0 Å². The van der Waals surface area contributed by atoms with Crippen molar-refractivity contribution in [3.05, 3.63) is 65.2 Å². The van der Waals surface area contributed by atoms with Gasteiger partial charge in [-0.15, -0.1) is 0 Å². The normalized spacial score (nSPS) is 14.4. The van der Waals surface area contributed by atoms with Crippen molar-refractivity contribution in [2.45, 2.75) is 19.0 Å². The van der Waals surface area contributed by atoms with E-state index < -0.39 is 11.8 Å². The van der Waals surface area contributed by atoms with E-state index in [9.17, 15) is 9.59 Å². The standard InChI is InChI=1S/C24H32N4O3/c1-27(2)21-10-8-19(9-11-21)22(16-26-24(30)23(29)25-13-15-31-3)28-14-12-18-6-4-5-7-20(18)17-28/h4-11,22H,12-17H2,1-3H3,(H,25,29)(H,26,30). The number of anilines is 1. The minimum absolute atomic E-state index is 0.0275. The second kappa shape index (κ2) is 10.9. The van der Waals surface area contributed by atoms with Crippen LogP contribution < -0.4 is 15.5 Å². The molecular formula is C24H32N4O3. The molecule has 0 fully saturated rings. The average molecular weight is 425 g/mol. The van der Waals surface area contributed by atoms with Crippen molar-refractivity contribution in [2.75, 3.05) is 52.3 Å². The number of carbonyl (C=O) groups excluding carboxylic acids is 2. The molecule has 2 amide bonds. The Balaban J connectivity index is 1.73. The maximum Gasteiger partial charge on any atom is 0.309 e. The summed E-state index contributed by atoms with van der Waals surface area (Å²) < 4.78 is 4.91. The molecule has 7 nitrogen and oxygen atoms in total. The summed E-state index contributed by atoms with van der Waals surface area (Å²) in [5, 5.41) is 5.39. The zero-order chi connectivity index (χ0) is 22.2. The first-order valence-corrected chi connectivity index (χ1v) is 10.6. The van der Waals surface area contributed by atoms with Crippen molar-refractivity contribution in [1.82, 2.24) is 15.5 Å². The van der Waals surface area contributed by atoms with Crippen molar-refractivity contribution in [3.8, 4) is 0 Å². The van der Waals surface area contributed by atoms with Gasteiger partial charge in [0.25, 0.3) is 0 Å². The summed E-state index contributed by atoms with van der Waals surface area (Å²) in [6.45, 7) is 2.74. The molecule has 0 saturated heterocycles. The molecule has 0 bridgehead atoms. The van der Waals surface area contributed by atoms with Gasteiger partial charge in [-0.1, -0.05) is 36.4 Å². The summed E-state index contributed by atoms with van der Waals surface area (Å²) >= 11 is 0. The Kier molecular flexibility index (Phi) is 8.03. The Bertz CT molecular complexity index is 883. The maximum atomic E-state index is 12.3. The molecule has 3 rings (SSSR count). The van der Waals surface area contributed by atoms with Crippen LogP contribution in [0.2, 0.25) is 0 Å². The second-order valence-electron chi connectivity index (χ2n) is 7.95. The quantitative estimate of drug-likeness (QED) is 0.499. The molecule has 2 aromatic carbocycles. The molecule has 0 aliphatic carbocycles. The highest BCUT2D eigenvalue weighted by Gasteiger charge is 2.26. The number of rotatable bonds is 8. The molecular weight excluding hydrogens is 392 g/mol. The number of benzene rings is 2. The van der Waals surface area contributed by atoms with Gasteiger partial charge in [0.05, 0.1) is 12.6 Å². The monoisotopic (exact) mass is 424 g/mol. The number of carbonyl (C=O) groups is 2. The molecule has 1 unspecified atom stereocenters. The molecule has 7 heteroatoms. The first kappa shape index (κ1) is 22.8. The SMILES string of the molecule is COCCNC(=O)C(=O)NCC(c1ccc(N(C)C)cc1)N1CCc2ccccc2C1. The summed E-state index contributed by atoms with van der Waals surface area (Å²) in [5.41, 5.74) is 4.92. The Morgan fingerprint density at radius 1 is 1.03 bits per heavy atom. The Hall–Kier alpha value is -2.90. The molecule has 31 heavy (non-hydrogen) atoms. The Morgan fingerprint density at radius 2 is 1.71 bits per heavy atom. The highest BCUT2D eigenvalue weighted by atomic mass is 16.5. The first-order chi connectivity index (χ1) is 15.0. The van der Waals surface area contributed by atoms with E-state index >= 15 is 0 Å². The molecule has 1 aliphatic heterocycles. The fraction of sp³-hybridized carbons (Fsp3) is 0.417. The lowest BCUT2D eigenvalue weighted by molar-refractivity contribution is -0.139. The predicted molar refractivity (Wildman–Crippen MR) is 122 cm³/mol. The van der Waals surface area contributed by atoms with Crippen LogP contribution in [-0.2, 0) is 27.3 Å². The minimum atomic E-state index is -0.636. The lowest BCUT2D eigenvalue weighted by Crippen LogP contribution is -2.45. The number of nitrogens with one attached hydrogen (secondary N) is 2. The fourth-order valence-electron chi connectivity index (χ4n) is 3.85.